The Kier molecular flexibility index (Phi) is 4.34. The fraction of sp³-hybridized carbons (Fsp3) is 0.294. The Bertz CT molecular complexity index is 675. The molecule has 3 nitrogen and oxygen atoms in total. The second-order valence-electron chi connectivity index (χ2n) is 5.46. The van der Waals surface area contributed by atoms with Crippen LogP contribution in [0, 0.1) is 5.82 Å². The molecule has 1 heterocycles. The predicted molar refractivity (Wildman–Crippen MR) is 85.4 cm³/mol. The smallest absolute Gasteiger partial charge is 0.131 e. The van der Waals surface area contributed by atoms with E-state index in [4.69, 9.17) is 22.1 Å². The maximum atomic E-state index is 14.2. The SMILES string of the molecule is COc1cc(F)c2c(c1)C(CN)N(Cc1ccc(Cl)cc1)C2. The number of benzene rings is 2. The Morgan fingerprint density at radius 2 is 2.05 bits per heavy atom. The average molecular weight is 321 g/mol. The van der Waals surface area contributed by atoms with Crippen LogP contribution in [0.4, 0.5) is 4.39 Å². The average Bonchev–Trinajstić information content (AvgIpc) is 2.87. The Labute approximate surface area is 134 Å². The van der Waals surface area contributed by atoms with Crippen molar-refractivity contribution in [2.24, 2.45) is 5.73 Å². The van der Waals surface area contributed by atoms with Crippen LogP contribution < -0.4 is 10.5 Å². The molecule has 0 spiro atoms. The van der Waals surface area contributed by atoms with Crippen molar-refractivity contribution in [2.75, 3.05) is 13.7 Å². The highest BCUT2D eigenvalue weighted by Crippen LogP contribution is 2.38. The lowest BCUT2D eigenvalue weighted by Crippen LogP contribution is -2.27. The molecule has 0 saturated carbocycles. The summed E-state index contributed by atoms with van der Waals surface area (Å²) < 4.78 is 19.4. The van der Waals surface area contributed by atoms with Crippen molar-refractivity contribution in [1.29, 1.82) is 0 Å². The number of halogens is 2. The molecule has 0 radical (unpaired) electrons. The second kappa shape index (κ2) is 6.24. The lowest BCUT2D eigenvalue weighted by atomic mass is 10.0. The van der Waals surface area contributed by atoms with Gasteiger partial charge in [0.05, 0.1) is 7.11 Å². The summed E-state index contributed by atoms with van der Waals surface area (Å²) >= 11 is 5.91. The monoisotopic (exact) mass is 320 g/mol. The summed E-state index contributed by atoms with van der Waals surface area (Å²) in [7, 11) is 1.54. The van der Waals surface area contributed by atoms with Gasteiger partial charge in [-0.3, -0.25) is 4.90 Å². The normalized spacial score (nSPS) is 17.5. The van der Waals surface area contributed by atoms with E-state index in [0.717, 1.165) is 11.1 Å². The van der Waals surface area contributed by atoms with Gasteiger partial charge in [-0.1, -0.05) is 23.7 Å². The minimum atomic E-state index is -0.230. The number of ether oxygens (including phenoxy) is 1. The molecular formula is C17H18ClFN2O. The zero-order chi connectivity index (χ0) is 15.7. The molecular weight excluding hydrogens is 303 g/mol. The van der Waals surface area contributed by atoms with E-state index in [1.807, 2.05) is 30.3 Å². The lowest BCUT2D eigenvalue weighted by molar-refractivity contribution is 0.210. The fourth-order valence-electron chi connectivity index (χ4n) is 2.99. The summed E-state index contributed by atoms with van der Waals surface area (Å²) in [4.78, 5) is 2.18. The topological polar surface area (TPSA) is 38.5 Å². The molecule has 1 unspecified atom stereocenters. The molecule has 0 aromatic heterocycles. The molecule has 2 aromatic rings. The minimum Gasteiger partial charge on any atom is -0.497 e. The summed E-state index contributed by atoms with van der Waals surface area (Å²) in [6.07, 6.45) is 0. The van der Waals surface area contributed by atoms with Crippen molar-refractivity contribution in [3.63, 3.8) is 0 Å². The summed E-state index contributed by atoms with van der Waals surface area (Å²) in [6.45, 7) is 1.69. The third-order valence-electron chi connectivity index (χ3n) is 4.12. The highest BCUT2D eigenvalue weighted by atomic mass is 35.5. The van der Waals surface area contributed by atoms with E-state index in [-0.39, 0.29) is 11.9 Å². The first kappa shape index (κ1) is 15.3. The molecule has 116 valence electrons. The molecule has 0 bridgehead atoms. The molecule has 0 aliphatic carbocycles. The Morgan fingerprint density at radius 1 is 1.32 bits per heavy atom. The van der Waals surface area contributed by atoms with Crippen molar-refractivity contribution in [2.45, 2.75) is 19.1 Å². The summed E-state index contributed by atoms with van der Waals surface area (Å²) in [5, 5.41) is 0.708. The lowest BCUT2D eigenvalue weighted by Gasteiger charge is -2.23. The summed E-state index contributed by atoms with van der Waals surface area (Å²) in [6, 6.07) is 11.0. The Balaban J connectivity index is 1.88. The van der Waals surface area contributed by atoms with Crippen LogP contribution in [0.25, 0.3) is 0 Å². The first-order chi connectivity index (χ1) is 10.6. The van der Waals surface area contributed by atoms with Gasteiger partial charge in [0.1, 0.15) is 11.6 Å². The van der Waals surface area contributed by atoms with E-state index >= 15 is 0 Å². The molecule has 2 aromatic carbocycles. The number of methoxy groups -OCH3 is 1. The van der Waals surface area contributed by atoms with Gasteiger partial charge in [0.2, 0.25) is 0 Å². The molecule has 1 aliphatic heterocycles. The number of nitrogens with zero attached hydrogens (tertiary/aromatic N) is 1. The molecule has 1 aliphatic rings. The molecule has 0 amide bonds. The van der Waals surface area contributed by atoms with Crippen molar-refractivity contribution in [1.82, 2.24) is 4.90 Å². The van der Waals surface area contributed by atoms with Gasteiger partial charge in [-0.15, -0.1) is 0 Å². The number of fused-ring (bicyclic) bond motifs is 1. The van der Waals surface area contributed by atoms with Crippen LogP contribution >= 0.6 is 11.6 Å². The molecule has 0 fully saturated rings. The summed E-state index contributed by atoms with van der Waals surface area (Å²) in [5.74, 6) is 0.300. The van der Waals surface area contributed by atoms with E-state index in [9.17, 15) is 4.39 Å². The first-order valence-corrected chi connectivity index (χ1v) is 7.55. The van der Waals surface area contributed by atoms with Crippen LogP contribution in [0.1, 0.15) is 22.7 Å². The Hall–Kier alpha value is -1.62. The molecule has 5 heteroatoms. The molecule has 2 N–H and O–H groups in total. The molecule has 0 saturated heterocycles. The van der Waals surface area contributed by atoms with Gasteiger partial charge in [-0.05, 0) is 29.3 Å². The Morgan fingerprint density at radius 3 is 2.68 bits per heavy atom. The molecule has 22 heavy (non-hydrogen) atoms. The van der Waals surface area contributed by atoms with Crippen LogP contribution in [0.5, 0.6) is 5.75 Å². The van der Waals surface area contributed by atoms with Crippen molar-refractivity contribution in [3.05, 3.63) is 63.9 Å². The highest BCUT2D eigenvalue weighted by molar-refractivity contribution is 6.30. The molecule has 1 atom stereocenters. The van der Waals surface area contributed by atoms with Gasteiger partial charge < -0.3 is 10.5 Å². The standard InChI is InChI=1S/C17H18ClFN2O/c1-22-13-6-14-15(16(19)7-13)10-21(17(14)8-20)9-11-2-4-12(18)5-3-11/h2-7,17H,8-10,20H2,1H3. The fourth-order valence-corrected chi connectivity index (χ4v) is 3.12. The third-order valence-corrected chi connectivity index (χ3v) is 4.37. The number of nitrogens with two attached hydrogens (primary N) is 1. The second-order valence-corrected chi connectivity index (χ2v) is 5.90. The predicted octanol–water partition coefficient (Wildman–Crippen LogP) is 3.50. The minimum absolute atomic E-state index is 0.00437. The maximum Gasteiger partial charge on any atom is 0.131 e. The maximum absolute atomic E-state index is 14.2. The quantitative estimate of drug-likeness (QED) is 0.937. The highest BCUT2D eigenvalue weighted by Gasteiger charge is 2.32. The summed E-state index contributed by atoms with van der Waals surface area (Å²) in [5.41, 5.74) is 8.70. The number of rotatable bonds is 4. The van der Waals surface area contributed by atoms with Crippen molar-refractivity contribution < 1.29 is 9.13 Å². The van der Waals surface area contributed by atoms with Crippen LogP contribution in [0.2, 0.25) is 5.02 Å². The van der Waals surface area contributed by atoms with E-state index in [2.05, 4.69) is 4.90 Å². The number of hydrogen-bond donors (Lipinski definition) is 1. The van der Waals surface area contributed by atoms with Crippen molar-refractivity contribution >= 4 is 11.6 Å². The van der Waals surface area contributed by atoms with Gasteiger partial charge in [0.15, 0.2) is 0 Å². The molecule has 3 rings (SSSR count). The number of hydrogen-bond acceptors (Lipinski definition) is 3. The van der Waals surface area contributed by atoms with Crippen LogP contribution in [0.3, 0.4) is 0 Å². The largest absolute Gasteiger partial charge is 0.497 e. The van der Waals surface area contributed by atoms with Gasteiger partial charge in [-0.2, -0.15) is 0 Å². The zero-order valence-corrected chi connectivity index (χ0v) is 13.1. The third kappa shape index (κ3) is 2.82. The van der Waals surface area contributed by atoms with E-state index < -0.39 is 0 Å². The zero-order valence-electron chi connectivity index (χ0n) is 12.4. The van der Waals surface area contributed by atoms with E-state index in [1.165, 1.54) is 6.07 Å². The van der Waals surface area contributed by atoms with Crippen LogP contribution in [-0.2, 0) is 13.1 Å². The van der Waals surface area contributed by atoms with Gasteiger partial charge in [0, 0.05) is 42.3 Å². The van der Waals surface area contributed by atoms with E-state index in [0.29, 0.717) is 36.0 Å². The van der Waals surface area contributed by atoms with E-state index in [1.54, 1.807) is 7.11 Å². The van der Waals surface area contributed by atoms with Crippen LogP contribution in [0.15, 0.2) is 36.4 Å². The van der Waals surface area contributed by atoms with Crippen molar-refractivity contribution in [3.8, 4) is 5.75 Å². The van der Waals surface area contributed by atoms with Gasteiger partial charge >= 0.3 is 0 Å². The van der Waals surface area contributed by atoms with Gasteiger partial charge in [-0.25, -0.2) is 4.39 Å². The van der Waals surface area contributed by atoms with Crippen LogP contribution in [-0.4, -0.2) is 18.6 Å². The van der Waals surface area contributed by atoms with Gasteiger partial charge in [0.25, 0.3) is 0 Å². The first-order valence-electron chi connectivity index (χ1n) is 7.17.